The van der Waals surface area contributed by atoms with Gasteiger partial charge in [0.2, 0.25) is 0 Å². The third-order valence-corrected chi connectivity index (χ3v) is 4.46. The molecule has 1 heterocycles. The summed E-state index contributed by atoms with van der Waals surface area (Å²) < 4.78 is 28.9. The molecule has 2 aromatic rings. The molecular formula is C14H12F2NP. The monoisotopic (exact) mass is 263 g/mol. The maximum absolute atomic E-state index is 13.6. The van der Waals surface area contributed by atoms with Crippen molar-refractivity contribution in [3.8, 4) is 0 Å². The SMILES string of the molecule is Fc1cccc(PN2CCc3ccccc32)c1F. The van der Waals surface area contributed by atoms with Crippen molar-refractivity contribution in [1.29, 1.82) is 0 Å². The largest absolute Gasteiger partial charge is 0.348 e. The first-order chi connectivity index (χ1) is 8.75. The van der Waals surface area contributed by atoms with Gasteiger partial charge in [-0.1, -0.05) is 24.3 Å². The molecule has 1 unspecified atom stereocenters. The number of benzene rings is 2. The Morgan fingerprint density at radius 2 is 1.83 bits per heavy atom. The molecule has 18 heavy (non-hydrogen) atoms. The van der Waals surface area contributed by atoms with Crippen molar-refractivity contribution in [2.75, 3.05) is 11.2 Å². The summed E-state index contributed by atoms with van der Waals surface area (Å²) in [6.45, 7) is 0.869. The predicted octanol–water partition coefficient (Wildman–Crippen LogP) is 3.25. The first-order valence-corrected chi connectivity index (χ1v) is 6.76. The van der Waals surface area contributed by atoms with Gasteiger partial charge in [-0.2, -0.15) is 0 Å². The van der Waals surface area contributed by atoms with E-state index in [0.717, 1.165) is 24.7 Å². The second-order valence-electron chi connectivity index (χ2n) is 4.24. The maximum Gasteiger partial charge on any atom is 0.167 e. The summed E-state index contributed by atoms with van der Waals surface area (Å²) in [5.41, 5.74) is 2.42. The summed E-state index contributed by atoms with van der Waals surface area (Å²) in [5.74, 6) is -1.49. The molecule has 0 fully saturated rings. The van der Waals surface area contributed by atoms with Crippen LogP contribution in [0.4, 0.5) is 14.5 Å². The van der Waals surface area contributed by atoms with Crippen LogP contribution < -0.4 is 9.97 Å². The second kappa shape index (κ2) is 4.66. The normalized spacial score (nSPS) is 14.4. The van der Waals surface area contributed by atoms with Crippen LogP contribution in [0.1, 0.15) is 5.56 Å². The number of hydrogen-bond donors (Lipinski definition) is 0. The molecule has 0 saturated heterocycles. The van der Waals surface area contributed by atoms with Gasteiger partial charge in [-0.05, 0) is 30.2 Å². The van der Waals surface area contributed by atoms with Crippen LogP contribution in [0.15, 0.2) is 42.5 Å². The molecular weight excluding hydrogens is 251 g/mol. The molecule has 0 aliphatic carbocycles. The molecule has 0 bridgehead atoms. The Morgan fingerprint density at radius 3 is 2.72 bits per heavy atom. The van der Waals surface area contributed by atoms with Crippen molar-refractivity contribution in [3.63, 3.8) is 0 Å². The smallest absolute Gasteiger partial charge is 0.167 e. The van der Waals surface area contributed by atoms with Gasteiger partial charge in [0, 0.05) is 26.3 Å². The topological polar surface area (TPSA) is 3.24 Å². The minimum absolute atomic E-state index is 0.139. The van der Waals surface area contributed by atoms with Crippen molar-refractivity contribution >= 4 is 19.7 Å². The molecule has 0 aromatic heterocycles. The summed E-state index contributed by atoms with van der Waals surface area (Å²) in [4.78, 5) is 0. The number of para-hydroxylation sites is 1. The van der Waals surface area contributed by atoms with Gasteiger partial charge in [0.05, 0.1) is 0 Å². The lowest BCUT2D eigenvalue weighted by Crippen LogP contribution is -2.16. The van der Waals surface area contributed by atoms with Gasteiger partial charge in [-0.3, -0.25) is 0 Å². The fraction of sp³-hybridized carbons (Fsp3) is 0.143. The van der Waals surface area contributed by atoms with Crippen molar-refractivity contribution in [2.45, 2.75) is 6.42 Å². The third kappa shape index (κ3) is 1.99. The lowest BCUT2D eigenvalue weighted by molar-refractivity contribution is 0.514. The van der Waals surface area contributed by atoms with Crippen LogP contribution in [-0.2, 0) is 6.42 Å². The third-order valence-electron chi connectivity index (χ3n) is 3.09. The van der Waals surface area contributed by atoms with Crippen molar-refractivity contribution < 1.29 is 8.78 Å². The van der Waals surface area contributed by atoms with Crippen LogP contribution >= 0.6 is 8.73 Å². The van der Waals surface area contributed by atoms with Crippen LogP contribution in [-0.4, -0.2) is 6.54 Å². The highest BCUT2D eigenvalue weighted by molar-refractivity contribution is 7.49. The molecule has 3 rings (SSSR count). The van der Waals surface area contributed by atoms with Gasteiger partial charge < -0.3 is 4.67 Å². The number of fused-ring (bicyclic) bond motifs is 1. The zero-order valence-corrected chi connectivity index (χ0v) is 10.7. The zero-order valence-electron chi connectivity index (χ0n) is 9.66. The summed E-state index contributed by atoms with van der Waals surface area (Å²) in [5, 5.41) is 0.437. The lowest BCUT2D eigenvalue weighted by Gasteiger charge is -2.19. The molecule has 0 saturated carbocycles. The number of anilines is 1. The molecule has 4 heteroatoms. The van der Waals surface area contributed by atoms with Crippen LogP contribution in [0, 0.1) is 11.6 Å². The fourth-order valence-corrected chi connectivity index (χ4v) is 3.43. The molecule has 1 nitrogen and oxygen atoms in total. The van der Waals surface area contributed by atoms with Crippen molar-refractivity contribution in [1.82, 2.24) is 0 Å². The molecule has 92 valence electrons. The highest BCUT2D eigenvalue weighted by atomic mass is 31.1. The van der Waals surface area contributed by atoms with E-state index in [4.69, 9.17) is 0 Å². The Labute approximate surface area is 106 Å². The van der Waals surface area contributed by atoms with E-state index in [0.29, 0.717) is 5.30 Å². The Balaban J connectivity index is 1.89. The lowest BCUT2D eigenvalue weighted by atomic mass is 10.2. The first-order valence-electron chi connectivity index (χ1n) is 5.82. The molecule has 1 aliphatic heterocycles. The highest BCUT2D eigenvalue weighted by Crippen LogP contribution is 2.35. The van der Waals surface area contributed by atoms with E-state index in [1.54, 1.807) is 12.1 Å². The van der Waals surface area contributed by atoms with E-state index in [2.05, 4.69) is 10.7 Å². The van der Waals surface area contributed by atoms with Gasteiger partial charge in [0.25, 0.3) is 0 Å². The maximum atomic E-state index is 13.6. The molecule has 0 spiro atoms. The van der Waals surface area contributed by atoms with E-state index in [-0.39, 0.29) is 8.73 Å². The summed E-state index contributed by atoms with van der Waals surface area (Å²) in [6, 6.07) is 12.5. The van der Waals surface area contributed by atoms with Crippen LogP contribution in [0.25, 0.3) is 0 Å². The summed E-state index contributed by atoms with van der Waals surface area (Å²) >= 11 is 0. The van der Waals surface area contributed by atoms with E-state index >= 15 is 0 Å². The molecule has 2 aromatic carbocycles. The number of nitrogens with zero attached hydrogens (tertiary/aromatic N) is 1. The Bertz CT molecular complexity index is 586. The summed E-state index contributed by atoms with van der Waals surface area (Å²) in [7, 11) is 0.139. The molecule has 1 aliphatic rings. The number of rotatable bonds is 2. The molecule has 0 N–H and O–H groups in total. The predicted molar refractivity (Wildman–Crippen MR) is 71.8 cm³/mol. The zero-order chi connectivity index (χ0) is 12.5. The van der Waals surface area contributed by atoms with Gasteiger partial charge in [-0.25, -0.2) is 8.78 Å². The minimum atomic E-state index is -0.771. The number of hydrogen-bond acceptors (Lipinski definition) is 1. The Hall–Kier alpha value is -1.47. The summed E-state index contributed by atoms with van der Waals surface area (Å²) in [6.07, 6.45) is 0.972. The average Bonchev–Trinajstić information content (AvgIpc) is 2.79. The Morgan fingerprint density at radius 1 is 1.00 bits per heavy atom. The quantitative estimate of drug-likeness (QED) is 0.752. The standard InChI is InChI=1S/C14H12F2NP/c15-11-5-3-7-13(14(11)16)18-17-9-8-10-4-1-2-6-12(10)17/h1-7,18H,8-9H2. The van der Waals surface area contributed by atoms with Crippen LogP contribution in [0.2, 0.25) is 0 Å². The van der Waals surface area contributed by atoms with Gasteiger partial charge in [0.15, 0.2) is 11.6 Å². The van der Waals surface area contributed by atoms with E-state index in [1.807, 2.05) is 18.2 Å². The highest BCUT2D eigenvalue weighted by Gasteiger charge is 2.20. The minimum Gasteiger partial charge on any atom is -0.348 e. The first kappa shape index (κ1) is 11.6. The average molecular weight is 263 g/mol. The van der Waals surface area contributed by atoms with Gasteiger partial charge in [0.1, 0.15) is 0 Å². The van der Waals surface area contributed by atoms with E-state index < -0.39 is 11.6 Å². The van der Waals surface area contributed by atoms with E-state index in [1.165, 1.54) is 5.56 Å². The molecule has 0 amide bonds. The van der Waals surface area contributed by atoms with Gasteiger partial charge >= 0.3 is 0 Å². The molecule has 0 radical (unpaired) electrons. The van der Waals surface area contributed by atoms with Crippen molar-refractivity contribution in [3.05, 3.63) is 59.7 Å². The van der Waals surface area contributed by atoms with E-state index in [9.17, 15) is 8.78 Å². The molecule has 1 atom stereocenters. The van der Waals surface area contributed by atoms with Crippen LogP contribution in [0.5, 0.6) is 0 Å². The Kier molecular flexibility index (Phi) is 3.00. The fourth-order valence-electron chi connectivity index (χ4n) is 2.19. The van der Waals surface area contributed by atoms with Crippen molar-refractivity contribution in [2.24, 2.45) is 0 Å². The van der Waals surface area contributed by atoms with Crippen LogP contribution in [0.3, 0.4) is 0 Å². The number of halogens is 2. The second-order valence-corrected chi connectivity index (χ2v) is 5.55. The van der Waals surface area contributed by atoms with Gasteiger partial charge in [-0.15, -0.1) is 0 Å².